The van der Waals surface area contributed by atoms with Crippen molar-refractivity contribution < 1.29 is 18.9 Å². The van der Waals surface area contributed by atoms with Crippen molar-refractivity contribution in [3.05, 3.63) is 34.0 Å². The first-order valence-electron chi connectivity index (χ1n) is 14.8. The minimum atomic E-state index is 0.563. The zero-order valence-electron chi connectivity index (χ0n) is 23.5. The maximum Gasteiger partial charge on any atom is 0.181 e. The monoisotopic (exact) mass is 614 g/mol. The molecule has 0 aliphatic carbocycles. The third kappa shape index (κ3) is 5.96. The molecule has 0 saturated carbocycles. The number of thiophene rings is 4. The van der Waals surface area contributed by atoms with Crippen LogP contribution in [-0.4, -0.2) is 26.4 Å². The van der Waals surface area contributed by atoms with Crippen LogP contribution >= 0.6 is 45.3 Å². The zero-order chi connectivity index (χ0) is 27.3. The first-order valence-corrected chi connectivity index (χ1v) is 18.1. The Morgan fingerprint density at radius 1 is 0.475 bits per heavy atom. The molecule has 6 heterocycles. The molecule has 4 aromatic rings. The molecule has 4 aromatic heterocycles. The van der Waals surface area contributed by atoms with Gasteiger partial charge in [-0.15, -0.1) is 45.3 Å². The van der Waals surface area contributed by atoms with Crippen molar-refractivity contribution in [2.45, 2.75) is 78.1 Å². The van der Waals surface area contributed by atoms with Crippen molar-refractivity contribution >= 4 is 45.3 Å². The summed E-state index contributed by atoms with van der Waals surface area (Å²) in [5, 5.41) is 0. The lowest BCUT2D eigenvalue weighted by Gasteiger charge is -2.18. The summed E-state index contributed by atoms with van der Waals surface area (Å²) in [5.41, 5.74) is 0. The lowest BCUT2D eigenvalue weighted by Crippen LogP contribution is -2.15. The summed E-state index contributed by atoms with van der Waals surface area (Å²) in [7, 11) is 0. The molecule has 0 radical (unpaired) electrons. The van der Waals surface area contributed by atoms with Gasteiger partial charge in [0.2, 0.25) is 0 Å². The molecule has 0 fully saturated rings. The summed E-state index contributed by atoms with van der Waals surface area (Å²) in [5.74, 6) is 3.49. The highest BCUT2D eigenvalue weighted by molar-refractivity contribution is 7.29. The fourth-order valence-electron chi connectivity index (χ4n) is 5.25. The van der Waals surface area contributed by atoms with Crippen LogP contribution in [0, 0.1) is 0 Å². The van der Waals surface area contributed by atoms with E-state index in [9.17, 15) is 0 Å². The molecule has 0 spiro atoms. The second-order valence-electron chi connectivity index (χ2n) is 10.4. The maximum absolute atomic E-state index is 6.29. The topological polar surface area (TPSA) is 36.9 Å². The van der Waals surface area contributed by atoms with Crippen LogP contribution in [0.5, 0.6) is 23.0 Å². The second-order valence-corrected chi connectivity index (χ2v) is 14.8. The molecular weight excluding hydrogens is 577 g/mol. The van der Waals surface area contributed by atoms with E-state index in [1.54, 1.807) is 22.7 Å². The third-order valence-corrected chi connectivity index (χ3v) is 12.4. The van der Waals surface area contributed by atoms with Crippen LogP contribution in [-0.2, 0) is 12.8 Å². The molecule has 2 aliphatic heterocycles. The van der Waals surface area contributed by atoms with E-state index in [0.29, 0.717) is 26.4 Å². The van der Waals surface area contributed by atoms with E-state index < -0.39 is 0 Å². The quantitative estimate of drug-likeness (QED) is 0.140. The lowest BCUT2D eigenvalue weighted by atomic mass is 10.1. The van der Waals surface area contributed by atoms with Gasteiger partial charge in [0.05, 0.1) is 19.5 Å². The summed E-state index contributed by atoms with van der Waals surface area (Å²) in [6.07, 6.45) is 12.6. The van der Waals surface area contributed by atoms with Gasteiger partial charge in [0.1, 0.15) is 26.4 Å². The molecule has 0 atom stereocenters. The standard InChI is InChI=1S/C32H38O4S4/c1-3-5-7-9-11-21-13-15-23(37-21)29-25-27(35-19-17-33-25)31(39-29)32-28-26(34-18-20-36-28)30(40-32)24-16-14-22(38-24)12-10-8-6-4-2/h13-16H,3-12,17-20H2,1-2H3. The Hall–Kier alpha value is -2.00. The molecule has 4 nitrogen and oxygen atoms in total. The van der Waals surface area contributed by atoms with Crippen molar-refractivity contribution in [2.75, 3.05) is 26.4 Å². The van der Waals surface area contributed by atoms with Gasteiger partial charge >= 0.3 is 0 Å². The van der Waals surface area contributed by atoms with Gasteiger partial charge in [-0.1, -0.05) is 52.4 Å². The molecule has 8 heteroatoms. The Labute approximate surface area is 253 Å². The van der Waals surface area contributed by atoms with Gasteiger partial charge in [-0.2, -0.15) is 0 Å². The van der Waals surface area contributed by atoms with Crippen molar-refractivity contribution in [1.82, 2.24) is 0 Å². The highest BCUT2D eigenvalue weighted by Gasteiger charge is 2.34. The first kappa shape index (κ1) is 28.1. The average Bonchev–Trinajstić information content (AvgIpc) is 3.78. The van der Waals surface area contributed by atoms with Gasteiger partial charge in [-0.25, -0.2) is 0 Å². The van der Waals surface area contributed by atoms with Gasteiger partial charge in [0.15, 0.2) is 23.0 Å². The van der Waals surface area contributed by atoms with Crippen LogP contribution < -0.4 is 18.9 Å². The number of hydrogen-bond acceptors (Lipinski definition) is 8. The summed E-state index contributed by atoms with van der Waals surface area (Å²) < 4.78 is 25.1. The van der Waals surface area contributed by atoms with E-state index in [2.05, 4.69) is 38.1 Å². The van der Waals surface area contributed by atoms with Crippen LogP contribution in [0.1, 0.15) is 75.0 Å². The van der Waals surface area contributed by atoms with E-state index >= 15 is 0 Å². The number of hydrogen-bond donors (Lipinski definition) is 0. The molecule has 0 saturated heterocycles. The molecule has 40 heavy (non-hydrogen) atoms. The number of aryl methyl sites for hydroxylation is 2. The number of fused-ring (bicyclic) bond motifs is 2. The Bertz CT molecular complexity index is 1300. The predicted molar refractivity (Wildman–Crippen MR) is 172 cm³/mol. The van der Waals surface area contributed by atoms with Crippen LogP contribution in [0.25, 0.3) is 29.3 Å². The first-order chi connectivity index (χ1) is 19.8. The Morgan fingerprint density at radius 2 is 0.875 bits per heavy atom. The Kier molecular flexibility index (Phi) is 9.37. The van der Waals surface area contributed by atoms with Crippen molar-refractivity contribution in [2.24, 2.45) is 0 Å². The van der Waals surface area contributed by atoms with Crippen LogP contribution in [0.3, 0.4) is 0 Å². The highest BCUT2D eigenvalue weighted by Crippen LogP contribution is 2.62. The minimum Gasteiger partial charge on any atom is -0.485 e. The van der Waals surface area contributed by atoms with Gasteiger partial charge in [0, 0.05) is 19.5 Å². The summed E-state index contributed by atoms with van der Waals surface area (Å²) >= 11 is 7.32. The molecule has 0 unspecified atom stereocenters. The predicted octanol–water partition coefficient (Wildman–Crippen LogP) is 10.7. The van der Waals surface area contributed by atoms with Gasteiger partial charge in [-0.3, -0.25) is 0 Å². The number of rotatable bonds is 13. The molecule has 0 amide bonds. The number of ether oxygens (including phenoxy) is 4. The molecule has 2 aliphatic rings. The Morgan fingerprint density at radius 3 is 1.27 bits per heavy atom. The third-order valence-electron chi connectivity index (χ3n) is 7.33. The largest absolute Gasteiger partial charge is 0.485 e. The van der Waals surface area contributed by atoms with Crippen LogP contribution in [0.2, 0.25) is 0 Å². The van der Waals surface area contributed by atoms with Gasteiger partial charge in [0.25, 0.3) is 0 Å². The summed E-state index contributed by atoms with van der Waals surface area (Å²) in [4.78, 5) is 9.94. The molecule has 0 bridgehead atoms. The van der Waals surface area contributed by atoms with E-state index in [0.717, 1.165) is 45.6 Å². The number of unbranched alkanes of at least 4 members (excludes halogenated alkanes) is 6. The van der Waals surface area contributed by atoms with Gasteiger partial charge in [-0.05, 0) is 49.9 Å². The van der Waals surface area contributed by atoms with Crippen LogP contribution in [0.4, 0.5) is 0 Å². The molecule has 6 rings (SSSR count). The van der Waals surface area contributed by atoms with Crippen LogP contribution in [0.15, 0.2) is 24.3 Å². The minimum absolute atomic E-state index is 0.563. The van der Waals surface area contributed by atoms with Gasteiger partial charge < -0.3 is 18.9 Å². The van der Waals surface area contributed by atoms with E-state index in [4.69, 9.17) is 18.9 Å². The molecule has 0 aromatic carbocycles. The van der Waals surface area contributed by atoms with E-state index in [1.165, 1.54) is 80.6 Å². The summed E-state index contributed by atoms with van der Waals surface area (Å²) in [6, 6.07) is 9.10. The maximum atomic E-state index is 6.29. The molecular formula is C32H38O4S4. The Balaban J connectivity index is 1.32. The molecule has 0 N–H and O–H groups in total. The summed E-state index contributed by atoms with van der Waals surface area (Å²) in [6.45, 7) is 6.81. The van der Waals surface area contributed by atoms with E-state index in [1.807, 2.05) is 22.7 Å². The van der Waals surface area contributed by atoms with Crippen molar-refractivity contribution in [3.63, 3.8) is 0 Å². The van der Waals surface area contributed by atoms with E-state index in [-0.39, 0.29) is 0 Å². The normalized spacial score (nSPS) is 14.2. The lowest BCUT2D eigenvalue weighted by molar-refractivity contribution is 0.172. The smallest absolute Gasteiger partial charge is 0.181 e. The van der Waals surface area contributed by atoms with Crippen molar-refractivity contribution in [1.29, 1.82) is 0 Å². The highest BCUT2D eigenvalue weighted by atomic mass is 32.1. The average molecular weight is 615 g/mol. The van der Waals surface area contributed by atoms with Crippen molar-refractivity contribution in [3.8, 4) is 52.3 Å². The fraction of sp³-hybridized carbons (Fsp3) is 0.500. The SMILES string of the molecule is CCCCCCc1ccc(-c2sc(-c3sc(-c4ccc(CCCCCC)s4)c4c3OCCO4)c3c2OCCO3)s1. The zero-order valence-corrected chi connectivity index (χ0v) is 26.7. The molecule has 214 valence electrons. The second kappa shape index (κ2) is 13.3. The fourth-order valence-corrected chi connectivity index (χ4v) is 10.1.